The fourth-order valence-electron chi connectivity index (χ4n) is 1.59. The summed E-state index contributed by atoms with van der Waals surface area (Å²) in [6.45, 7) is 1.97. The van der Waals surface area contributed by atoms with E-state index in [0.29, 0.717) is 6.54 Å². The predicted molar refractivity (Wildman–Crippen MR) is 70.1 cm³/mol. The normalized spacial score (nSPS) is 10.3. The molecule has 0 saturated heterocycles. The van der Waals surface area contributed by atoms with Crippen molar-refractivity contribution in [1.82, 2.24) is 19.9 Å². The van der Waals surface area contributed by atoms with Crippen molar-refractivity contribution in [3.63, 3.8) is 0 Å². The molecule has 0 N–H and O–H groups in total. The third-order valence-electron chi connectivity index (χ3n) is 2.81. The van der Waals surface area contributed by atoms with E-state index in [9.17, 15) is 4.79 Å². The lowest BCUT2D eigenvalue weighted by Crippen LogP contribution is -2.23. The van der Waals surface area contributed by atoms with Crippen LogP contribution in [0.5, 0.6) is 5.75 Å². The lowest BCUT2D eigenvalue weighted by atomic mass is 10.3. The number of hydrogen-bond acceptors (Lipinski definition) is 4. The molecular formula is C13H16N4O2. The zero-order valence-corrected chi connectivity index (χ0v) is 11.2. The van der Waals surface area contributed by atoms with Gasteiger partial charge in [0.25, 0.3) is 0 Å². The molecule has 0 spiro atoms. The van der Waals surface area contributed by atoms with Gasteiger partial charge < -0.3 is 9.64 Å². The number of aromatic nitrogens is 3. The van der Waals surface area contributed by atoms with Gasteiger partial charge in [-0.15, -0.1) is 5.10 Å². The van der Waals surface area contributed by atoms with Gasteiger partial charge in [-0.05, 0) is 24.3 Å². The predicted octanol–water partition coefficient (Wildman–Crippen LogP) is 1.25. The number of nitrogens with zero attached hydrogens (tertiary/aromatic N) is 4. The van der Waals surface area contributed by atoms with E-state index in [0.717, 1.165) is 17.1 Å². The lowest BCUT2D eigenvalue weighted by Gasteiger charge is -2.11. The Kier molecular flexibility index (Phi) is 3.79. The molecule has 0 unspecified atom stereocenters. The number of amides is 1. The van der Waals surface area contributed by atoms with Gasteiger partial charge in [0.2, 0.25) is 5.91 Å². The first-order valence-corrected chi connectivity index (χ1v) is 5.87. The van der Waals surface area contributed by atoms with E-state index in [2.05, 4.69) is 10.3 Å². The van der Waals surface area contributed by atoms with Crippen molar-refractivity contribution in [1.29, 1.82) is 0 Å². The lowest BCUT2D eigenvalue weighted by molar-refractivity contribution is -0.128. The minimum Gasteiger partial charge on any atom is -0.497 e. The molecule has 0 radical (unpaired) electrons. The van der Waals surface area contributed by atoms with Crippen molar-refractivity contribution >= 4 is 5.91 Å². The molecule has 0 fully saturated rings. The van der Waals surface area contributed by atoms with Gasteiger partial charge in [0.05, 0.1) is 25.5 Å². The van der Waals surface area contributed by atoms with Crippen molar-refractivity contribution in [3.05, 3.63) is 36.2 Å². The Morgan fingerprint density at radius 3 is 2.63 bits per heavy atom. The fraction of sp³-hybridized carbons (Fsp3) is 0.308. The van der Waals surface area contributed by atoms with Crippen LogP contribution in [0.4, 0.5) is 0 Å². The molecule has 0 atom stereocenters. The van der Waals surface area contributed by atoms with E-state index < -0.39 is 0 Å². The molecule has 1 amide bonds. The summed E-state index contributed by atoms with van der Waals surface area (Å²) in [6, 6.07) is 7.51. The molecule has 0 aliphatic carbocycles. The minimum atomic E-state index is -0.000928. The van der Waals surface area contributed by atoms with Gasteiger partial charge in [-0.25, -0.2) is 4.68 Å². The van der Waals surface area contributed by atoms with Gasteiger partial charge in [-0.1, -0.05) is 5.21 Å². The van der Waals surface area contributed by atoms with E-state index in [1.807, 2.05) is 24.3 Å². The molecule has 6 heteroatoms. The van der Waals surface area contributed by atoms with E-state index in [1.54, 1.807) is 29.9 Å². The number of rotatable bonds is 4. The van der Waals surface area contributed by atoms with Crippen LogP contribution in [0.1, 0.15) is 12.6 Å². The monoisotopic (exact) mass is 260 g/mol. The van der Waals surface area contributed by atoms with Gasteiger partial charge in [-0.2, -0.15) is 0 Å². The van der Waals surface area contributed by atoms with Crippen molar-refractivity contribution in [3.8, 4) is 11.4 Å². The van der Waals surface area contributed by atoms with Crippen molar-refractivity contribution in [2.45, 2.75) is 13.5 Å². The summed E-state index contributed by atoms with van der Waals surface area (Å²) >= 11 is 0. The highest BCUT2D eigenvalue weighted by Crippen LogP contribution is 2.14. The number of carbonyl (C=O) groups is 1. The second-order valence-electron chi connectivity index (χ2n) is 4.23. The number of carbonyl (C=O) groups excluding carboxylic acids is 1. The van der Waals surface area contributed by atoms with Crippen molar-refractivity contribution in [2.24, 2.45) is 0 Å². The first-order chi connectivity index (χ1) is 9.10. The molecule has 100 valence electrons. The van der Waals surface area contributed by atoms with E-state index in [1.165, 1.54) is 6.92 Å². The third-order valence-corrected chi connectivity index (χ3v) is 2.81. The van der Waals surface area contributed by atoms with Crippen LogP contribution in [0.3, 0.4) is 0 Å². The van der Waals surface area contributed by atoms with Gasteiger partial charge >= 0.3 is 0 Å². The maximum atomic E-state index is 11.2. The Morgan fingerprint density at radius 1 is 1.37 bits per heavy atom. The molecule has 2 rings (SSSR count). The van der Waals surface area contributed by atoms with Crippen LogP contribution in [-0.4, -0.2) is 40.0 Å². The molecule has 0 bridgehead atoms. The van der Waals surface area contributed by atoms with Crippen LogP contribution in [0.15, 0.2) is 30.5 Å². The summed E-state index contributed by atoms with van der Waals surface area (Å²) in [4.78, 5) is 12.7. The molecule has 1 heterocycles. The molecule has 6 nitrogen and oxygen atoms in total. The van der Waals surface area contributed by atoms with Gasteiger partial charge in [0.15, 0.2) is 0 Å². The Balaban J connectivity index is 2.13. The number of methoxy groups -OCH3 is 1. The molecule has 1 aromatic carbocycles. The van der Waals surface area contributed by atoms with Crippen LogP contribution in [0.25, 0.3) is 5.69 Å². The molecule has 1 aromatic heterocycles. The zero-order valence-electron chi connectivity index (χ0n) is 11.2. The van der Waals surface area contributed by atoms with E-state index >= 15 is 0 Å². The third kappa shape index (κ3) is 3.09. The van der Waals surface area contributed by atoms with Crippen LogP contribution < -0.4 is 4.74 Å². The summed E-state index contributed by atoms with van der Waals surface area (Å²) in [5.74, 6) is 0.791. The second-order valence-corrected chi connectivity index (χ2v) is 4.23. The Bertz CT molecular complexity index is 562. The smallest absolute Gasteiger partial charge is 0.219 e. The van der Waals surface area contributed by atoms with Crippen LogP contribution in [-0.2, 0) is 11.3 Å². The molecule has 19 heavy (non-hydrogen) atoms. The average Bonchev–Trinajstić information content (AvgIpc) is 2.87. The summed E-state index contributed by atoms with van der Waals surface area (Å²) in [6.07, 6.45) is 1.81. The Morgan fingerprint density at radius 2 is 2.05 bits per heavy atom. The van der Waals surface area contributed by atoms with E-state index in [-0.39, 0.29) is 5.91 Å². The second kappa shape index (κ2) is 5.51. The maximum absolute atomic E-state index is 11.2. The summed E-state index contributed by atoms with van der Waals surface area (Å²) in [7, 11) is 3.36. The molecular weight excluding hydrogens is 244 g/mol. The molecule has 0 aliphatic heterocycles. The fourth-order valence-corrected chi connectivity index (χ4v) is 1.59. The number of ether oxygens (including phenoxy) is 1. The molecule has 0 saturated carbocycles. The topological polar surface area (TPSA) is 60.2 Å². The summed E-state index contributed by atoms with van der Waals surface area (Å²) in [5.41, 5.74) is 1.64. The van der Waals surface area contributed by atoms with E-state index in [4.69, 9.17) is 4.74 Å². The molecule has 0 aliphatic rings. The highest BCUT2D eigenvalue weighted by atomic mass is 16.5. The highest BCUT2D eigenvalue weighted by molar-refractivity contribution is 5.72. The first kappa shape index (κ1) is 13.1. The zero-order chi connectivity index (χ0) is 13.8. The van der Waals surface area contributed by atoms with Crippen molar-refractivity contribution in [2.75, 3.05) is 14.2 Å². The minimum absolute atomic E-state index is 0.000928. The number of benzene rings is 1. The Labute approximate surface area is 111 Å². The van der Waals surface area contributed by atoms with Crippen molar-refractivity contribution < 1.29 is 9.53 Å². The number of hydrogen-bond donors (Lipinski definition) is 0. The highest BCUT2D eigenvalue weighted by Gasteiger charge is 2.08. The standard InChI is InChI=1S/C13H16N4O2/c1-10(18)16(2)8-11-9-17(15-14-11)12-4-6-13(19-3)7-5-12/h4-7,9H,8H2,1-3H3. The summed E-state index contributed by atoms with van der Waals surface area (Å²) in [5, 5.41) is 8.09. The van der Waals surface area contributed by atoms with Crippen LogP contribution in [0.2, 0.25) is 0 Å². The largest absolute Gasteiger partial charge is 0.497 e. The van der Waals surface area contributed by atoms with Crippen LogP contribution >= 0.6 is 0 Å². The van der Waals surface area contributed by atoms with Gasteiger partial charge in [0.1, 0.15) is 11.4 Å². The first-order valence-electron chi connectivity index (χ1n) is 5.87. The Hall–Kier alpha value is -2.37. The summed E-state index contributed by atoms with van der Waals surface area (Å²) < 4.78 is 6.77. The van der Waals surface area contributed by atoms with Gasteiger partial charge in [0, 0.05) is 14.0 Å². The maximum Gasteiger partial charge on any atom is 0.219 e. The molecule has 2 aromatic rings. The SMILES string of the molecule is COc1ccc(-n2cc(CN(C)C(C)=O)nn2)cc1. The average molecular weight is 260 g/mol. The quantitative estimate of drug-likeness (QED) is 0.830. The van der Waals surface area contributed by atoms with Crippen LogP contribution in [0, 0.1) is 0 Å². The van der Waals surface area contributed by atoms with Gasteiger partial charge in [-0.3, -0.25) is 4.79 Å².